The highest BCUT2D eigenvalue weighted by Crippen LogP contribution is 2.22. The van der Waals surface area contributed by atoms with Crippen molar-refractivity contribution in [2.45, 2.75) is 0 Å². The number of pyridine rings is 1. The van der Waals surface area contributed by atoms with Gasteiger partial charge in [-0.2, -0.15) is 0 Å². The van der Waals surface area contributed by atoms with Gasteiger partial charge in [0.1, 0.15) is 5.15 Å². The van der Waals surface area contributed by atoms with Crippen molar-refractivity contribution in [3.05, 3.63) is 56.7 Å². The van der Waals surface area contributed by atoms with Crippen molar-refractivity contribution in [2.24, 2.45) is 0 Å². The summed E-state index contributed by atoms with van der Waals surface area (Å²) in [5.41, 5.74) is 0.965. The van der Waals surface area contributed by atoms with Crippen LogP contribution >= 0.6 is 39.1 Å². The van der Waals surface area contributed by atoms with E-state index < -0.39 is 0 Å². The Balaban J connectivity index is 2.22. The van der Waals surface area contributed by atoms with Gasteiger partial charge in [-0.25, -0.2) is 4.98 Å². The maximum atomic E-state index is 12.0. The van der Waals surface area contributed by atoms with E-state index in [4.69, 9.17) is 23.2 Å². The number of aromatic nitrogens is 1. The highest BCUT2D eigenvalue weighted by atomic mass is 79.9. The van der Waals surface area contributed by atoms with Crippen LogP contribution in [-0.4, -0.2) is 10.9 Å². The normalized spacial score (nSPS) is 10.2. The van der Waals surface area contributed by atoms with E-state index in [9.17, 15) is 4.79 Å². The molecule has 0 spiro atoms. The van der Waals surface area contributed by atoms with Crippen LogP contribution in [0.5, 0.6) is 0 Å². The predicted molar refractivity (Wildman–Crippen MR) is 76.4 cm³/mol. The highest BCUT2D eigenvalue weighted by Gasteiger charge is 2.11. The number of rotatable bonds is 2. The van der Waals surface area contributed by atoms with E-state index >= 15 is 0 Å². The van der Waals surface area contributed by atoms with Gasteiger partial charge in [0, 0.05) is 16.4 Å². The molecule has 0 aliphatic rings. The molecule has 18 heavy (non-hydrogen) atoms. The Hall–Kier alpha value is -1.10. The highest BCUT2D eigenvalue weighted by molar-refractivity contribution is 9.10. The van der Waals surface area contributed by atoms with Gasteiger partial charge in [0.05, 0.1) is 10.6 Å². The topological polar surface area (TPSA) is 42.0 Å². The van der Waals surface area contributed by atoms with Crippen LogP contribution in [0.3, 0.4) is 0 Å². The third-order valence-corrected chi connectivity index (χ3v) is 3.17. The smallest absolute Gasteiger partial charge is 0.257 e. The second kappa shape index (κ2) is 5.69. The van der Waals surface area contributed by atoms with Gasteiger partial charge in [0.2, 0.25) is 0 Å². The number of hydrogen-bond acceptors (Lipinski definition) is 2. The Morgan fingerprint density at radius 3 is 2.67 bits per heavy atom. The molecule has 3 nitrogen and oxygen atoms in total. The first-order valence-corrected chi connectivity index (χ1v) is 6.49. The monoisotopic (exact) mass is 344 g/mol. The van der Waals surface area contributed by atoms with E-state index in [1.165, 1.54) is 6.20 Å². The summed E-state index contributed by atoms with van der Waals surface area (Å²) in [6.07, 6.45) is 1.52. The molecule has 0 aliphatic heterocycles. The second-order valence-corrected chi connectivity index (χ2v) is 5.16. The summed E-state index contributed by atoms with van der Waals surface area (Å²) in [6.45, 7) is 0. The van der Waals surface area contributed by atoms with Gasteiger partial charge in [0.15, 0.2) is 0 Å². The van der Waals surface area contributed by atoms with E-state index in [2.05, 4.69) is 26.2 Å². The van der Waals surface area contributed by atoms with Gasteiger partial charge in [-0.3, -0.25) is 4.79 Å². The van der Waals surface area contributed by atoms with Crippen molar-refractivity contribution >= 4 is 50.7 Å². The van der Waals surface area contributed by atoms with Crippen molar-refractivity contribution in [3.8, 4) is 0 Å². The molecule has 92 valence electrons. The van der Waals surface area contributed by atoms with Crippen molar-refractivity contribution in [1.29, 1.82) is 0 Å². The maximum Gasteiger partial charge on any atom is 0.257 e. The number of nitrogens with zero attached hydrogens (tertiary/aromatic N) is 1. The number of anilines is 1. The van der Waals surface area contributed by atoms with Crippen LogP contribution in [0.15, 0.2) is 41.0 Å². The molecule has 2 aromatic rings. The van der Waals surface area contributed by atoms with Crippen LogP contribution in [-0.2, 0) is 0 Å². The lowest BCUT2D eigenvalue weighted by Crippen LogP contribution is -2.12. The molecule has 1 heterocycles. The molecule has 1 N–H and O–H groups in total. The Morgan fingerprint density at radius 2 is 2.00 bits per heavy atom. The molecule has 2 rings (SSSR count). The predicted octanol–water partition coefficient (Wildman–Crippen LogP) is 4.40. The summed E-state index contributed by atoms with van der Waals surface area (Å²) in [5.74, 6) is -0.297. The maximum absolute atomic E-state index is 12.0. The third-order valence-electron chi connectivity index (χ3n) is 2.16. The molecule has 0 bridgehead atoms. The van der Waals surface area contributed by atoms with E-state index in [0.29, 0.717) is 21.4 Å². The number of carbonyl (C=O) groups excluding carboxylic acids is 1. The first kappa shape index (κ1) is 13.3. The fourth-order valence-corrected chi connectivity index (χ4v) is 2.29. The molecular formula is C12H7BrCl2N2O. The second-order valence-electron chi connectivity index (χ2n) is 3.45. The van der Waals surface area contributed by atoms with Gasteiger partial charge in [-0.15, -0.1) is 0 Å². The number of carbonyl (C=O) groups is 1. The lowest BCUT2D eigenvalue weighted by molar-refractivity contribution is 0.102. The van der Waals surface area contributed by atoms with Gasteiger partial charge >= 0.3 is 0 Å². The minimum absolute atomic E-state index is 0.297. The number of benzene rings is 1. The minimum atomic E-state index is -0.297. The lowest BCUT2D eigenvalue weighted by atomic mass is 10.2. The van der Waals surface area contributed by atoms with Crippen LogP contribution in [0.1, 0.15) is 10.4 Å². The minimum Gasteiger partial charge on any atom is -0.322 e. The van der Waals surface area contributed by atoms with E-state index in [-0.39, 0.29) is 5.91 Å². The van der Waals surface area contributed by atoms with Crippen molar-refractivity contribution in [3.63, 3.8) is 0 Å². The molecule has 0 unspecified atom stereocenters. The molecule has 1 amide bonds. The quantitative estimate of drug-likeness (QED) is 0.819. The van der Waals surface area contributed by atoms with Gasteiger partial charge in [-0.05, 0) is 30.3 Å². The van der Waals surface area contributed by atoms with E-state index in [1.807, 2.05) is 0 Å². The fraction of sp³-hybridized carbons (Fsp3) is 0. The summed E-state index contributed by atoms with van der Waals surface area (Å²) in [7, 11) is 0. The Bertz CT molecular complexity index is 604. The van der Waals surface area contributed by atoms with Crippen LogP contribution in [0.4, 0.5) is 5.69 Å². The fourth-order valence-electron chi connectivity index (χ4n) is 1.35. The number of nitrogens with one attached hydrogen (secondary N) is 1. The summed E-state index contributed by atoms with van der Waals surface area (Å²) in [5, 5.41) is 3.39. The molecule has 0 aliphatic carbocycles. The van der Waals surface area contributed by atoms with Crippen LogP contribution in [0.2, 0.25) is 10.2 Å². The average Bonchev–Trinajstić information content (AvgIpc) is 2.28. The molecule has 0 fully saturated rings. The van der Waals surface area contributed by atoms with Crippen LogP contribution in [0.25, 0.3) is 0 Å². The largest absolute Gasteiger partial charge is 0.322 e. The molecule has 0 atom stereocenters. The summed E-state index contributed by atoms with van der Waals surface area (Å²) >= 11 is 15.0. The van der Waals surface area contributed by atoms with Gasteiger partial charge in [0.25, 0.3) is 5.91 Å². The van der Waals surface area contributed by atoms with E-state index in [1.54, 1.807) is 30.3 Å². The van der Waals surface area contributed by atoms with Crippen molar-refractivity contribution < 1.29 is 4.79 Å². The molecule has 0 radical (unpaired) electrons. The molecule has 1 aromatic heterocycles. The van der Waals surface area contributed by atoms with Crippen LogP contribution < -0.4 is 5.32 Å². The first-order valence-electron chi connectivity index (χ1n) is 4.94. The lowest BCUT2D eigenvalue weighted by Gasteiger charge is -2.07. The molecular weight excluding hydrogens is 339 g/mol. The summed E-state index contributed by atoms with van der Waals surface area (Å²) in [6, 6.07) is 8.27. The number of hydrogen-bond donors (Lipinski definition) is 1. The van der Waals surface area contributed by atoms with Gasteiger partial charge < -0.3 is 5.32 Å². The number of amides is 1. The molecule has 0 saturated heterocycles. The first-order chi connectivity index (χ1) is 8.56. The summed E-state index contributed by atoms with van der Waals surface area (Å²) in [4.78, 5) is 15.8. The zero-order chi connectivity index (χ0) is 13.1. The van der Waals surface area contributed by atoms with Crippen molar-refractivity contribution in [1.82, 2.24) is 4.98 Å². The third kappa shape index (κ3) is 3.22. The average molecular weight is 346 g/mol. The van der Waals surface area contributed by atoms with Crippen LogP contribution in [0, 0.1) is 0 Å². The Labute approximate surface area is 122 Å². The van der Waals surface area contributed by atoms with E-state index in [0.717, 1.165) is 4.47 Å². The van der Waals surface area contributed by atoms with Gasteiger partial charge in [-0.1, -0.05) is 39.1 Å². The molecule has 6 heteroatoms. The Morgan fingerprint density at radius 1 is 1.22 bits per heavy atom. The van der Waals surface area contributed by atoms with Crippen molar-refractivity contribution in [2.75, 3.05) is 5.32 Å². The zero-order valence-electron chi connectivity index (χ0n) is 8.95. The Kier molecular flexibility index (Phi) is 4.22. The molecule has 0 saturated carbocycles. The summed E-state index contributed by atoms with van der Waals surface area (Å²) < 4.78 is 0.816. The zero-order valence-corrected chi connectivity index (χ0v) is 12.1. The number of halogens is 3. The standard InChI is InChI=1S/C12H7BrCl2N2O/c13-7-1-2-9(10(14)5-7)12(18)17-8-3-4-16-11(15)6-8/h1-6H,(H,16,17,18). The molecule has 1 aromatic carbocycles. The SMILES string of the molecule is O=C(Nc1ccnc(Cl)c1)c1ccc(Br)cc1Cl.